The molecule has 4 nitrogen and oxygen atoms in total. The Hall–Kier alpha value is -1.20. The second-order valence-corrected chi connectivity index (χ2v) is 6.31. The molecule has 0 aromatic heterocycles. The van der Waals surface area contributed by atoms with Gasteiger partial charge in [-0.3, -0.25) is 9.00 Å². The van der Waals surface area contributed by atoms with E-state index in [1.54, 1.807) is 6.92 Å². The minimum absolute atomic E-state index is 0.213. The highest BCUT2D eigenvalue weighted by molar-refractivity contribution is 7.86. The molecule has 1 aromatic carbocycles. The molecule has 0 fully saturated rings. The van der Waals surface area contributed by atoms with Gasteiger partial charge in [0, 0.05) is 28.8 Å². The Labute approximate surface area is 117 Å². The second kappa shape index (κ2) is 8.07. The lowest BCUT2D eigenvalue weighted by molar-refractivity contribution is -0.115. The van der Waals surface area contributed by atoms with E-state index in [-0.39, 0.29) is 5.91 Å². The molecular weight excluding hydrogens is 260 g/mol. The molecule has 0 aliphatic carbocycles. The Bertz CT molecular complexity index is 449. The fourth-order valence-electron chi connectivity index (χ4n) is 1.64. The number of carbonyl (C=O) groups is 1. The van der Waals surface area contributed by atoms with Crippen LogP contribution in [0.1, 0.15) is 32.3 Å². The van der Waals surface area contributed by atoms with Crippen LogP contribution < -0.4 is 11.1 Å². The van der Waals surface area contributed by atoms with Gasteiger partial charge in [0.05, 0.1) is 0 Å². The van der Waals surface area contributed by atoms with E-state index >= 15 is 0 Å². The fraction of sp³-hybridized carbons (Fsp3) is 0.500. The monoisotopic (exact) mass is 282 g/mol. The Morgan fingerprint density at radius 2 is 2.11 bits per heavy atom. The Morgan fingerprint density at radius 3 is 2.74 bits per heavy atom. The maximum Gasteiger partial charge on any atom is 0.239 e. The van der Waals surface area contributed by atoms with E-state index in [9.17, 15) is 9.00 Å². The number of benzene rings is 1. The molecule has 2 unspecified atom stereocenters. The molecule has 1 amide bonds. The lowest BCUT2D eigenvalue weighted by atomic mass is 10.2. The third-order valence-electron chi connectivity index (χ3n) is 2.96. The highest BCUT2D eigenvalue weighted by Crippen LogP contribution is 2.15. The van der Waals surface area contributed by atoms with Crippen LogP contribution in [0.2, 0.25) is 0 Å². The molecule has 0 aliphatic rings. The van der Waals surface area contributed by atoms with Gasteiger partial charge in [0.1, 0.15) is 5.25 Å². The third kappa shape index (κ3) is 4.76. The molecule has 3 N–H and O–H groups in total. The quantitative estimate of drug-likeness (QED) is 0.803. The van der Waals surface area contributed by atoms with E-state index in [4.69, 9.17) is 5.73 Å². The van der Waals surface area contributed by atoms with Gasteiger partial charge >= 0.3 is 0 Å². The van der Waals surface area contributed by atoms with Crippen LogP contribution in [0.25, 0.3) is 0 Å². The second-order valence-electron chi connectivity index (χ2n) is 4.43. The average Bonchev–Trinajstić information content (AvgIpc) is 2.44. The summed E-state index contributed by atoms with van der Waals surface area (Å²) in [4.78, 5) is 12.0. The first-order valence-electron chi connectivity index (χ1n) is 6.56. The summed E-state index contributed by atoms with van der Waals surface area (Å²) in [5.74, 6) is 0.360. The van der Waals surface area contributed by atoms with Crippen LogP contribution in [0, 0.1) is 0 Å². The van der Waals surface area contributed by atoms with E-state index < -0.39 is 16.0 Å². The molecule has 5 heteroatoms. The zero-order chi connectivity index (χ0) is 14.3. The molecule has 0 saturated carbocycles. The zero-order valence-electron chi connectivity index (χ0n) is 11.5. The van der Waals surface area contributed by atoms with Crippen molar-refractivity contribution >= 4 is 22.4 Å². The molecule has 1 rings (SSSR count). The number of para-hydroxylation sites is 1. The van der Waals surface area contributed by atoms with E-state index in [0.29, 0.717) is 18.0 Å². The van der Waals surface area contributed by atoms with Crippen LogP contribution in [-0.2, 0) is 22.1 Å². The van der Waals surface area contributed by atoms with Gasteiger partial charge in [-0.2, -0.15) is 0 Å². The lowest BCUT2D eigenvalue weighted by Crippen LogP contribution is -2.30. The highest BCUT2D eigenvalue weighted by Gasteiger charge is 2.20. The van der Waals surface area contributed by atoms with Crippen LogP contribution in [0.4, 0.5) is 5.69 Å². The van der Waals surface area contributed by atoms with Gasteiger partial charge in [0.15, 0.2) is 0 Å². The number of rotatable bonds is 7. The molecular formula is C14H22N2O2S. The predicted octanol–water partition coefficient (Wildman–Crippen LogP) is 2.02. The number of hydrogen-bond donors (Lipinski definition) is 2. The standard InChI is InChI=1S/C14H22N2O2S/c1-3-4-9-19(18)11(2)14(17)16-13-8-6-5-7-12(13)10-15/h5-8,11H,3-4,9-10,15H2,1-2H3,(H,16,17). The lowest BCUT2D eigenvalue weighted by Gasteiger charge is -2.14. The van der Waals surface area contributed by atoms with Crippen molar-refractivity contribution in [3.05, 3.63) is 29.8 Å². The van der Waals surface area contributed by atoms with Gasteiger partial charge in [0.2, 0.25) is 5.91 Å². The number of anilines is 1. The summed E-state index contributed by atoms with van der Waals surface area (Å²) in [7, 11) is -1.12. The molecule has 1 aromatic rings. The number of nitrogens with one attached hydrogen (secondary N) is 1. The number of carbonyl (C=O) groups excluding carboxylic acids is 1. The highest BCUT2D eigenvalue weighted by atomic mass is 32.2. The Kier molecular flexibility index (Phi) is 6.73. The largest absolute Gasteiger partial charge is 0.326 e. The summed E-state index contributed by atoms with van der Waals surface area (Å²) in [5, 5.41) is 2.30. The number of nitrogens with two attached hydrogens (primary N) is 1. The SMILES string of the molecule is CCCCS(=O)C(C)C(=O)Nc1ccccc1CN. The van der Waals surface area contributed by atoms with E-state index in [0.717, 1.165) is 18.4 Å². The van der Waals surface area contributed by atoms with Gasteiger partial charge in [-0.15, -0.1) is 0 Å². The van der Waals surface area contributed by atoms with Gasteiger partial charge in [0.25, 0.3) is 0 Å². The van der Waals surface area contributed by atoms with E-state index in [2.05, 4.69) is 5.32 Å². The molecule has 0 spiro atoms. The van der Waals surface area contributed by atoms with Crippen LogP contribution in [0.5, 0.6) is 0 Å². The smallest absolute Gasteiger partial charge is 0.239 e. The van der Waals surface area contributed by atoms with Crippen LogP contribution in [0.3, 0.4) is 0 Å². The summed E-state index contributed by atoms with van der Waals surface area (Å²) in [5.41, 5.74) is 7.20. The Balaban J connectivity index is 2.66. The van der Waals surface area contributed by atoms with Crippen LogP contribution >= 0.6 is 0 Å². The summed E-state index contributed by atoms with van der Waals surface area (Å²) < 4.78 is 11.9. The minimum atomic E-state index is -1.12. The average molecular weight is 282 g/mol. The van der Waals surface area contributed by atoms with Crippen LogP contribution in [0.15, 0.2) is 24.3 Å². The first-order chi connectivity index (χ1) is 9.10. The van der Waals surface area contributed by atoms with Crippen molar-refractivity contribution in [3.8, 4) is 0 Å². The van der Waals surface area contributed by atoms with Gasteiger partial charge in [-0.25, -0.2) is 0 Å². The first-order valence-corrected chi connectivity index (χ1v) is 7.94. The molecule has 0 bridgehead atoms. The van der Waals surface area contributed by atoms with Gasteiger partial charge in [-0.05, 0) is 25.0 Å². The van der Waals surface area contributed by atoms with E-state index in [1.807, 2.05) is 31.2 Å². The molecule has 0 radical (unpaired) electrons. The normalized spacial score (nSPS) is 13.8. The maximum absolute atomic E-state index is 12.0. The van der Waals surface area contributed by atoms with Crippen molar-refractivity contribution in [1.82, 2.24) is 0 Å². The molecule has 0 saturated heterocycles. The molecule has 0 aliphatic heterocycles. The number of hydrogen-bond acceptors (Lipinski definition) is 3. The maximum atomic E-state index is 12.0. The van der Waals surface area contributed by atoms with Crippen molar-refractivity contribution in [1.29, 1.82) is 0 Å². The van der Waals surface area contributed by atoms with E-state index in [1.165, 1.54) is 0 Å². The minimum Gasteiger partial charge on any atom is -0.326 e. The van der Waals surface area contributed by atoms with Crippen molar-refractivity contribution in [2.45, 2.75) is 38.5 Å². The number of unbranched alkanes of at least 4 members (excludes halogenated alkanes) is 1. The van der Waals surface area contributed by atoms with Crippen molar-refractivity contribution in [3.63, 3.8) is 0 Å². The summed E-state index contributed by atoms with van der Waals surface area (Å²) in [6, 6.07) is 7.39. The van der Waals surface area contributed by atoms with Crippen LogP contribution in [-0.4, -0.2) is 21.1 Å². The predicted molar refractivity (Wildman–Crippen MR) is 80.3 cm³/mol. The van der Waals surface area contributed by atoms with Crippen molar-refractivity contribution in [2.75, 3.05) is 11.1 Å². The molecule has 106 valence electrons. The summed E-state index contributed by atoms with van der Waals surface area (Å²) in [6.07, 6.45) is 1.86. The fourth-order valence-corrected chi connectivity index (χ4v) is 2.86. The molecule has 0 heterocycles. The van der Waals surface area contributed by atoms with Crippen molar-refractivity contribution in [2.24, 2.45) is 5.73 Å². The zero-order valence-corrected chi connectivity index (χ0v) is 12.3. The summed E-state index contributed by atoms with van der Waals surface area (Å²) >= 11 is 0. The topological polar surface area (TPSA) is 72.2 Å². The Morgan fingerprint density at radius 1 is 1.42 bits per heavy atom. The van der Waals surface area contributed by atoms with Gasteiger partial charge < -0.3 is 11.1 Å². The molecule has 19 heavy (non-hydrogen) atoms. The number of amides is 1. The summed E-state index contributed by atoms with van der Waals surface area (Å²) in [6.45, 7) is 4.11. The first kappa shape index (κ1) is 15.9. The third-order valence-corrected chi connectivity index (χ3v) is 4.65. The van der Waals surface area contributed by atoms with Crippen molar-refractivity contribution < 1.29 is 9.00 Å². The van der Waals surface area contributed by atoms with Gasteiger partial charge in [-0.1, -0.05) is 31.5 Å². The molecule has 2 atom stereocenters.